The summed E-state index contributed by atoms with van der Waals surface area (Å²) < 4.78 is 0. The van der Waals surface area contributed by atoms with Gasteiger partial charge in [0, 0.05) is 32.9 Å². The highest BCUT2D eigenvalue weighted by Crippen LogP contribution is 2.25. The van der Waals surface area contributed by atoms with Gasteiger partial charge in [0.25, 0.3) is 0 Å². The molecule has 0 aromatic rings. The molecule has 1 aliphatic rings. The van der Waals surface area contributed by atoms with Gasteiger partial charge in [-0.1, -0.05) is 6.58 Å². The number of allylic oxidation sites excluding steroid dienone is 1. The van der Waals surface area contributed by atoms with Crippen molar-refractivity contribution in [3.8, 4) is 0 Å². The molecule has 21 heavy (non-hydrogen) atoms. The van der Waals surface area contributed by atoms with Gasteiger partial charge in [-0.2, -0.15) is 0 Å². The number of rotatable bonds is 8. The Kier molecular flexibility index (Phi) is 7.75. The Bertz CT molecular complexity index is 384. The topological polar surface area (TPSA) is 56.7 Å². The van der Waals surface area contributed by atoms with Crippen molar-refractivity contribution >= 4 is 12.6 Å². The number of aliphatic imine (C=N–C) groups is 1. The van der Waals surface area contributed by atoms with Crippen molar-refractivity contribution in [1.82, 2.24) is 15.5 Å². The van der Waals surface area contributed by atoms with E-state index in [1.54, 1.807) is 13.2 Å². The van der Waals surface area contributed by atoms with Crippen LogP contribution in [0.4, 0.5) is 0 Å². The van der Waals surface area contributed by atoms with Crippen molar-refractivity contribution < 1.29 is 4.79 Å². The first-order chi connectivity index (χ1) is 10.1. The average molecular weight is 292 g/mol. The SMILES string of the molecule is C=CC(=CN=C)N(C)CC1CCC(NCC(=O)NC)CC1. The fourth-order valence-corrected chi connectivity index (χ4v) is 2.77. The maximum atomic E-state index is 11.2. The molecule has 0 aromatic heterocycles. The van der Waals surface area contributed by atoms with Crippen LogP contribution in [-0.2, 0) is 4.79 Å². The van der Waals surface area contributed by atoms with E-state index in [4.69, 9.17) is 0 Å². The quantitative estimate of drug-likeness (QED) is 0.527. The number of hydrogen-bond donors (Lipinski definition) is 2. The molecule has 1 fully saturated rings. The molecule has 2 N–H and O–H groups in total. The van der Waals surface area contributed by atoms with E-state index in [0.29, 0.717) is 18.5 Å². The molecule has 0 aromatic carbocycles. The van der Waals surface area contributed by atoms with Crippen LogP contribution >= 0.6 is 0 Å². The zero-order valence-corrected chi connectivity index (χ0v) is 13.3. The third-order valence-electron chi connectivity index (χ3n) is 4.08. The minimum Gasteiger partial charge on any atom is -0.373 e. The van der Waals surface area contributed by atoms with Crippen LogP contribution in [-0.4, -0.2) is 50.8 Å². The smallest absolute Gasteiger partial charge is 0.233 e. The average Bonchev–Trinajstić information content (AvgIpc) is 2.51. The maximum absolute atomic E-state index is 11.2. The molecule has 0 bridgehead atoms. The number of nitrogens with one attached hydrogen (secondary N) is 2. The van der Waals surface area contributed by atoms with E-state index in [1.807, 2.05) is 6.08 Å². The van der Waals surface area contributed by atoms with Crippen LogP contribution in [0.3, 0.4) is 0 Å². The molecule has 5 nitrogen and oxygen atoms in total. The van der Waals surface area contributed by atoms with Gasteiger partial charge in [0.15, 0.2) is 0 Å². The van der Waals surface area contributed by atoms with Crippen molar-refractivity contribution in [2.45, 2.75) is 31.7 Å². The van der Waals surface area contributed by atoms with Crippen LogP contribution in [0, 0.1) is 5.92 Å². The van der Waals surface area contributed by atoms with E-state index < -0.39 is 0 Å². The van der Waals surface area contributed by atoms with E-state index in [1.165, 1.54) is 12.8 Å². The van der Waals surface area contributed by atoms with Crippen LogP contribution in [0.25, 0.3) is 0 Å². The van der Waals surface area contributed by atoms with Crippen LogP contribution in [0.15, 0.2) is 29.5 Å². The zero-order chi connectivity index (χ0) is 15.7. The summed E-state index contributed by atoms with van der Waals surface area (Å²) in [5.74, 6) is 0.732. The Morgan fingerprint density at radius 2 is 2.05 bits per heavy atom. The molecule has 5 heteroatoms. The van der Waals surface area contributed by atoms with E-state index in [2.05, 4.69) is 40.9 Å². The van der Waals surface area contributed by atoms with Crippen molar-refractivity contribution in [2.75, 3.05) is 27.2 Å². The number of nitrogens with zero attached hydrogens (tertiary/aromatic N) is 2. The molecule has 1 aliphatic carbocycles. The van der Waals surface area contributed by atoms with Crippen molar-refractivity contribution in [2.24, 2.45) is 10.9 Å². The Balaban J connectivity index is 2.33. The highest BCUT2D eigenvalue weighted by atomic mass is 16.1. The van der Waals surface area contributed by atoms with Crippen LogP contribution in [0.5, 0.6) is 0 Å². The molecule has 0 saturated heterocycles. The molecule has 1 saturated carbocycles. The van der Waals surface area contributed by atoms with Gasteiger partial charge in [-0.15, -0.1) is 0 Å². The predicted molar refractivity (Wildman–Crippen MR) is 88.3 cm³/mol. The van der Waals surface area contributed by atoms with Crippen molar-refractivity contribution in [3.63, 3.8) is 0 Å². The Hall–Kier alpha value is -1.62. The second-order valence-electron chi connectivity index (χ2n) is 5.59. The highest BCUT2D eigenvalue weighted by molar-refractivity contribution is 5.77. The fraction of sp³-hybridized carbons (Fsp3) is 0.625. The molecule has 0 unspecified atom stereocenters. The second kappa shape index (κ2) is 9.34. The number of amides is 1. The second-order valence-corrected chi connectivity index (χ2v) is 5.59. The molecular weight excluding hydrogens is 264 g/mol. The van der Waals surface area contributed by atoms with E-state index >= 15 is 0 Å². The lowest BCUT2D eigenvalue weighted by Crippen LogP contribution is -2.40. The molecule has 118 valence electrons. The summed E-state index contributed by atoms with van der Waals surface area (Å²) in [6.45, 7) is 8.72. The number of likely N-dealkylation sites (N-methyl/N-ethyl adjacent to an activating group) is 2. The summed E-state index contributed by atoms with van der Waals surface area (Å²) >= 11 is 0. The van der Waals surface area contributed by atoms with Gasteiger partial charge in [0.05, 0.1) is 12.2 Å². The third kappa shape index (κ3) is 6.12. The summed E-state index contributed by atoms with van der Waals surface area (Å²) in [5.41, 5.74) is 1.00. The summed E-state index contributed by atoms with van der Waals surface area (Å²) in [6.07, 6.45) is 8.17. The molecule has 0 spiro atoms. The van der Waals surface area contributed by atoms with Gasteiger partial charge in [0.2, 0.25) is 5.91 Å². The summed E-state index contributed by atoms with van der Waals surface area (Å²) in [4.78, 5) is 17.2. The molecule has 0 heterocycles. The van der Waals surface area contributed by atoms with Crippen LogP contribution in [0.1, 0.15) is 25.7 Å². The van der Waals surface area contributed by atoms with Gasteiger partial charge in [-0.05, 0) is 44.4 Å². The van der Waals surface area contributed by atoms with E-state index in [9.17, 15) is 4.79 Å². The minimum absolute atomic E-state index is 0.0505. The van der Waals surface area contributed by atoms with Gasteiger partial charge in [-0.25, -0.2) is 0 Å². The standard InChI is InChI=1S/C16H28N4O/c1-5-15(10-17-2)20(4)12-13-6-8-14(9-7-13)19-11-16(21)18-3/h5,10,13-14,19H,1-2,6-9,11-12H2,3-4H3,(H,18,21). The zero-order valence-electron chi connectivity index (χ0n) is 13.3. The Morgan fingerprint density at radius 1 is 1.38 bits per heavy atom. The van der Waals surface area contributed by atoms with Gasteiger partial charge >= 0.3 is 0 Å². The first-order valence-electron chi connectivity index (χ1n) is 7.54. The summed E-state index contributed by atoms with van der Waals surface area (Å²) in [7, 11) is 3.73. The number of hydrogen-bond acceptors (Lipinski definition) is 4. The van der Waals surface area contributed by atoms with Crippen molar-refractivity contribution in [1.29, 1.82) is 0 Å². The normalized spacial score (nSPS) is 22.5. The van der Waals surface area contributed by atoms with Crippen LogP contribution < -0.4 is 10.6 Å². The largest absolute Gasteiger partial charge is 0.373 e. The first-order valence-corrected chi connectivity index (χ1v) is 7.54. The van der Waals surface area contributed by atoms with Gasteiger partial charge in [0.1, 0.15) is 0 Å². The lowest BCUT2D eigenvalue weighted by atomic mass is 9.85. The van der Waals surface area contributed by atoms with Gasteiger partial charge in [-0.3, -0.25) is 9.79 Å². The number of carbonyl (C=O) groups is 1. The first kappa shape index (κ1) is 17.4. The predicted octanol–water partition coefficient (Wildman–Crippen LogP) is 1.54. The molecule has 1 rings (SSSR count). The maximum Gasteiger partial charge on any atom is 0.233 e. The molecular formula is C16H28N4O. The fourth-order valence-electron chi connectivity index (χ4n) is 2.77. The van der Waals surface area contributed by atoms with Crippen LogP contribution in [0.2, 0.25) is 0 Å². The molecule has 0 radical (unpaired) electrons. The highest BCUT2D eigenvalue weighted by Gasteiger charge is 2.22. The Morgan fingerprint density at radius 3 is 2.57 bits per heavy atom. The lowest BCUT2D eigenvalue weighted by molar-refractivity contribution is -0.119. The van der Waals surface area contributed by atoms with Gasteiger partial charge < -0.3 is 15.5 Å². The molecule has 0 atom stereocenters. The molecule has 1 amide bonds. The summed E-state index contributed by atoms with van der Waals surface area (Å²) in [6, 6.07) is 0.466. The van der Waals surface area contributed by atoms with E-state index in [-0.39, 0.29) is 5.91 Å². The Labute approximate surface area is 128 Å². The minimum atomic E-state index is 0.0505. The van der Waals surface area contributed by atoms with Crippen molar-refractivity contribution in [3.05, 3.63) is 24.6 Å². The monoisotopic (exact) mass is 292 g/mol. The van der Waals surface area contributed by atoms with E-state index in [0.717, 1.165) is 25.1 Å². The molecule has 0 aliphatic heterocycles. The third-order valence-corrected chi connectivity index (χ3v) is 4.08. The lowest BCUT2D eigenvalue weighted by Gasteiger charge is -2.32. The summed E-state index contributed by atoms with van der Waals surface area (Å²) in [5, 5.41) is 5.96. The number of carbonyl (C=O) groups excluding carboxylic acids is 1.